The first kappa shape index (κ1) is 30.3. The number of aromatic nitrogens is 4. The molecule has 11 rings (SSSR count). The van der Waals surface area contributed by atoms with Gasteiger partial charge in [-0.1, -0.05) is 140 Å². The van der Waals surface area contributed by atoms with Crippen molar-refractivity contribution >= 4 is 54.5 Å². The maximum atomic E-state index is 5.20. The zero-order valence-electron chi connectivity index (χ0n) is 29.3. The molecule has 0 N–H and O–H groups in total. The molecule has 8 aromatic carbocycles. The summed E-state index contributed by atoms with van der Waals surface area (Å²) in [5.41, 5.74) is 13.2. The van der Waals surface area contributed by atoms with E-state index in [2.05, 4.69) is 191 Å². The molecule has 0 unspecified atom stereocenters. The lowest BCUT2D eigenvalue weighted by Crippen LogP contribution is -1.98. The van der Waals surface area contributed by atoms with Gasteiger partial charge in [0.15, 0.2) is 5.82 Å². The Kier molecular flexibility index (Phi) is 6.82. The van der Waals surface area contributed by atoms with Gasteiger partial charge in [-0.3, -0.25) is 0 Å². The predicted octanol–water partition coefficient (Wildman–Crippen LogP) is 12.8. The molecule has 54 heavy (non-hydrogen) atoms. The highest BCUT2D eigenvalue weighted by Gasteiger charge is 2.21. The Hall–Kier alpha value is -7.30. The molecule has 0 amide bonds. The van der Waals surface area contributed by atoms with E-state index in [1.165, 1.54) is 43.7 Å². The van der Waals surface area contributed by atoms with Crippen molar-refractivity contribution in [1.82, 2.24) is 19.1 Å². The van der Waals surface area contributed by atoms with Crippen LogP contribution in [0.1, 0.15) is 0 Å². The standard InChI is InChI=1S/C50H32N4/c1-3-15-33(16-4-1)35-19-13-21-37(31-35)53-43-27-11-8-24-40(43)47-45(53)29-30-46-48(47)41-25-9-12-28-44(41)54(46)38-22-14-20-36(32-38)50-51-42-26-10-7-23-39(42)49(52-50)34-17-5-2-6-18-34/h1-32H. The number of hydrogen-bond donors (Lipinski definition) is 0. The second kappa shape index (κ2) is 12.1. The van der Waals surface area contributed by atoms with Crippen LogP contribution in [0, 0.1) is 0 Å². The monoisotopic (exact) mass is 688 g/mol. The topological polar surface area (TPSA) is 35.6 Å². The minimum absolute atomic E-state index is 0.707. The molecule has 0 aliphatic heterocycles. The number of fused-ring (bicyclic) bond motifs is 8. The van der Waals surface area contributed by atoms with E-state index in [-0.39, 0.29) is 0 Å². The van der Waals surface area contributed by atoms with Crippen molar-refractivity contribution < 1.29 is 0 Å². The smallest absolute Gasteiger partial charge is 0.160 e. The first-order valence-electron chi connectivity index (χ1n) is 18.3. The lowest BCUT2D eigenvalue weighted by molar-refractivity contribution is 1.17. The van der Waals surface area contributed by atoms with Gasteiger partial charge in [0, 0.05) is 49.4 Å². The summed E-state index contributed by atoms with van der Waals surface area (Å²) in [6, 6.07) is 69.0. The molecule has 0 atom stereocenters. The maximum absolute atomic E-state index is 5.20. The van der Waals surface area contributed by atoms with Crippen LogP contribution in [0.3, 0.4) is 0 Å². The van der Waals surface area contributed by atoms with Crippen molar-refractivity contribution in [2.45, 2.75) is 0 Å². The quantitative estimate of drug-likeness (QED) is 0.180. The van der Waals surface area contributed by atoms with Crippen molar-refractivity contribution in [3.63, 3.8) is 0 Å². The lowest BCUT2D eigenvalue weighted by Gasteiger charge is -2.12. The fraction of sp³-hybridized carbons (Fsp3) is 0. The Labute approximate surface area is 311 Å². The highest BCUT2D eigenvalue weighted by molar-refractivity contribution is 6.29. The van der Waals surface area contributed by atoms with Crippen LogP contribution in [-0.2, 0) is 0 Å². The fourth-order valence-electron chi connectivity index (χ4n) is 8.34. The molecule has 3 aromatic heterocycles. The van der Waals surface area contributed by atoms with Crippen LogP contribution in [-0.4, -0.2) is 19.1 Å². The van der Waals surface area contributed by atoms with E-state index in [1.54, 1.807) is 0 Å². The van der Waals surface area contributed by atoms with Crippen LogP contribution >= 0.6 is 0 Å². The summed E-state index contributed by atoms with van der Waals surface area (Å²) < 4.78 is 4.82. The zero-order valence-corrected chi connectivity index (χ0v) is 29.3. The van der Waals surface area contributed by atoms with E-state index < -0.39 is 0 Å². The molecule has 0 saturated carbocycles. The van der Waals surface area contributed by atoms with Gasteiger partial charge in [-0.15, -0.1) is 0 Å². The Morgan fingerprint density at radius 2 is 0.796 bits per heavy atom. The van der Waals surface area contributed by atoms with E-state index in [9.17, 15) is 0 Å². The number of hydrogen-bond acceptors (Lipinski definition) is 2. The molecular formula is C50H32N4. The highest BCUT2D eigenvalue weighted by atomic mass is 15.0. The third-order valence-electron chi connectivity index (χ3n) is 10.7. The third-order valence-corrected chi connectivity index (χ3v) is 10.7. The van der Waals surface area contributed by atoms with Gasteiger partial charge >= 0.3 is 0 Å². The van der Waals surface area contributed by atoms with Crippen LogP contribution in [0.15, 0.2) is 194 Å². The maximum Gasteiger partial charge on any atom is 0.160 e. The molecule has 11 aromatic rings. The Bertz CT molecular complexity index is 3210. The molecular weight excluding hydrogens is 657 g/mol. The van der Waals surface area contributed by atoms with Crippen molar-refractivity contribution in [3.8, 4) is 45.1 Å². The van der Waals surface area contributed by atoms with Gasteiger partial charge in [-0.05, 0) is 65.7 Å². The Balaban J connectivity index is 1.14. The zero-order chi connectivity index (χ0) is 35.6. The minimum atomic E-state index is 0.707. The summed E-state index contributed by atoms with van der Waals surface area (Å²) in [6.07, 6.45) is 0. The molecule has 4 nitrogen and oxygen atoms in total. The molecule has 0 radical (unpaired) electrons. The van der Waals surface area contributed by atoms with Gasteiger partial charge in [-0.25, -0.2) is 9.97 Å². The van der Waals surface area contributed by atoms with Crippen LogP contribution < -0.4 is 0 Å². The molecule has 0 aliphatic carbocycles. The number of para-hydroxylation sites is 3. The molecule has 0 bridgehead atoms. The molecule has 3 heterocycles. The van der Waals surface area contributed by atoms with E-state index in [0.29, 0.717) is 5.82 Å². The van der Waals surface area contributed by atoms with Crippen molar-refractivity contribution in [1.29, 1.82) is 0 Å². The molecule has 252 valence electrons. The SMILES string of the molecule is c1ccc(-c2cccc(-n3c4ccccc4c4c5c6ccccc6n(-c6cccc(-c7nc(-c8ccccc8)c8ccccc8n7)c6)c5ccc43)c2)cc1. The van der Waals surface area contributed by atoms with Gasteiger partial charge in [0.25, 0.3) is 0 Å². The summed E-state index contributed by atoms with van der Waals surface area (Å²) in [6.45, 7) is 0. The average Bonchev–Trinajstić information content (AvgIpc) is 3.77. The summed E-state index contributed by atoms with van der Waals surface area (Å²) >= 11 is 0. The molecule has 0 saturated heterocycles. The number of nitrogens with zero attached hydrogens (tertiary/aromatic N) is 4. The normalized spacial score (nSPS) is 11.7. The van der Waals surface area contributed by atoms with Crippen molar-refractivity contribution in [2.75, 3.05) is 0 Å². The second-order valence-electron chi connectivity index (χ2n) is 13.8. The lowest BCUT2D eigenvalue weighted by atomic mass is 10.0. The van der Waals surface area contributed by atoms with Gasteiger partial charge in [0.2, 0.25) is 0 Å². The third kappa shape index (κ3) is 4.70. The van der Waals surface area contributed by atoms with E-state index in [0.717, 1.165) is 50.1 Å². The van der Waals surface area contributed by atoms with Crippen LogP contribution in [0.2, 0.25) is 0 Å². The molecule has 0 fully saturated rings. The first-order valence-corrected chi connectivity index (χ1v) is 18.3. The van der Waals surface area contributed by atoms with E-state index in [4.69, 9.17) is 9.97 Å². The van der Waals surface area contributed by atoms with Crippen LogP contribution in [0.25, 0.3) is 99.7 Å². The summed E-state index contributed by atoms with van der Waals surface area (Å²) in [7, 11) is 0. The van der Waals surface area contributed by atoms with Gasteiger partial charge in [0.05, 0.1) is 33.3 Å². The molecule has 4 heteroatoms. The van der Waals surface area contributed by atoms with Gasteiger partial charge < -0.3 is 9.13 Å². The minimum Gasteiger partial charge on any atom is -0.309 e. The summed E-state index contributed by atoms with van der Waals surface area (Å²) in [4.78, 5) is 10.3. The van der Waals surface area contributed by atoms with Crippen molar-refractivity contribution in [3.05, 3.63) is 194 Å². The number of benzene rings is 8. The number of rotatable bonds is 5. The fourth-order valence-corrected chi connectivity index (χ4v) is 8.34. The second-order valence-corrected chi connectivity index (χ2v) is 13.8. The van der Waals surface area contributed by atoms with Gasteiger partial charge in [-0.2, -0.15) is 0 Å². The Morgan fingerprint density at radius 3 is 1.43 bits per heavy atom. The largest absolute Gasteiger partial charge is 0.309 e. The highest BCUT2D eigenvalue weighted by Crippen LogP contribution is 2.43. The van der Waals surface area contributed by atoms with Crippen molar-refractivity contribution in [2.24, 2.45) is 0 Å². The average molecular weight is 689 g/mol. The van der Waals surface area contributed by atoms with Gasteiger partial charge in [0.1, 0.15) is 0 Å². The van der Waals surface area contributed by atoms with Crippen LogP contribution in [0.5, 0.6) is 0 Å². The van der Waals surface area contributed by atoms with E-state index in [1.807, 2.05) is 12.1 Å². The molecule has 0 aliphatic rings. The van der Waals surface area contributed by atoms with E-state index >= 15 is 0 Å². The summed E-state index contributed by atoms with van der Waals surface area (Å²) in [5, 5.41) is 6.00. The predicted molar refractivity (Wildman–Crippen MR) is 225 cm³/mol. The summed E-state index contributed by atoms with van der Waals surface area (Å²) in [5.74, 6) is 0.707. The Morgan fingerprint density at radius 1 is 0.315 bits per heavy atom. The first-order chi connectivity index (χ1) is 26.8. The molecule has 0 spiro atoms. The van der Waals surface area contributed by atoms with Crippen LogP contribution in [0.4, 0.5) is 0 Å².